The summed E-state index contributed by atoms with van der Waals surface area (Å²) in [6, 6.07) is 1.82. The molecule has 1 saturated heterocycles. The van der Waals surface area contributed by atoms with Gasteiger partial charge in [0.2, 0.25) is 0 Å². The van der Waals surface area contributed by atoms with Gasteiger partial charge in [0.05, 0.1) is 6.54 Å². The number of rotatable bonds is 4. The number of ether oxygens (including phenoxy) is 1. The van der Waals surface area contributed by atoms with Crippen molar-refractivity contribution in [3.63, 3.8) is 0 Å². The first-order valence-electron chi connectivity index (χ1n) is 6.90. The second kappa shape index (κ2) is 5.74. The highest BCUT2D eigenvalue weighted by atomic mass is 16.6. The lowest BCUT2D eigenvalue weighted by atomic mass is 10.1. The zero-order valence-electron chi connectivity index (χ0n) is 12.0. The molecule has 2 rings (SSSR count). The number of aromatic nitrogens is 2. The van der Waals surface area contributed by atoms with Crippen LogP contribution in [0.5, 0.6) is 0 Å². The van der Waals surface area contributed by atoms with Gasteiger partial charge >= 0.3 is 5.97 Å². The molecule has 1 atom stereocenters. The molecule has 0 unspecified atom stereocenters. The van der Waals surface area contributed by atoms with Crippen LogP contribution in [0.4, 0.5) is 0 Å². The van der Waals surface area contributed by atoms with E-state index in [0.29, 0.717) is 0 Å². The van der Waals surface area contributed by atoms with Gasteiger partial charge in [-0.05, 0) is 46.2 Å². The summed E-state index contributed by atoms with van der Waals surface area (Å²) in [5.41, 5.74) is -0.409. The van der Waals surface area contributed by atoms with Gasteiger partial charge in [-0.3, -0.25) is 14.4 Å². The van der Waals surface area contributed by atoms with Crippen LogP contribution in [0.25, 0.3) is 0 Å². The highest BCUT2D eigenvalue weighted by Gasteiger charge is 2.33. The maximum Gasteiger partial charge on any atom is 0.323 e. The summed E-state index contributed by atoms with van der Waals surface area (Å²) in [5.74, 6) is -0.0922. The number of nitrogens with zero attached hydrogens (tertiary/aromatic N) is 3. The Morgan fingerprint density at radius 2 is 2.21 bits per heavy atom. The van der Waals surface area contributed by atoms with Crippen molar-refractivity contribution in [3.8, 4) is 0 Å². The van der Waals surface area contributed by atoms with E-state index in [4.69, 9.17) is 4.74 Å². The van der Waals surface area contributed by atoms with E-state index in [9.17, 15) is 4.79 Å². The van der Waals surface area contributed by atoms with E-state index in [1.807, 2.05) is 37.7 Å². The maximum atomic E-state index is 12.1. The van der Waals surface area contributed by atoms with Gasteiger partial charge in [0, 0.05) is 18.9 Å². The van der Waals surface area contributed by atoms with Crippen molar-refractivity contribution < 1.29 is 9.53 Å². The minimum atomic E-state index is -0.409. The summed E-state index contributed by atoms with van der Waals surface area (Å²) < 4.78 is 7.38. The number of likely N-dealkylation sites (tertiary alicyclic amines) is 1. The van der Waals surface area contributed by atoms with Crippen LogP contribution in [0, 0.1) is 0 Å². The number of carbonyl (C=O) groups excluding carboxylic acids is 1. The molecule has 0 radical (unpaired) electrons. The molecule has 0 aromatic carbocycles. The number of hydrogen-bond donors (Lipinski definition) is 0. The number of hydrogen-bond acceptors (Lipinski definition) is 4. The van der Waals surface area contributed by atoms with Crippen LogP contribution in [0.15, 0.2) is 18.5 Å². The Labute approximate surface area is 114 Å². The van der Waals surface area contributed by atoms with E-state index in [-0.39, 0.29) is 12.0 Å². The SMILES string of the molecule is CC(C)(C)OC(=O)[C@@H]1CCCN1CCn1cccn1. The second-order valence-electron chi connectivity index (χ2n) is 6.00. The molecule has 1 aliphatic rings. The largest absolute Gasteiger partial charge is 0.459 e. The third-order valence-corrected chi connectivity index (χ3v) is 3.22. The van der Waals surface area contributed by atoms with Crippen molar-refractivity contribution in [1.82, 2.24) is 14.7 Å². The quantitative estimate of drug-likeness (QED) is 0.777. The molecule has 5 nitrogen and oxygen atoms in total. The van der Waals surface area contributed by atoms with Crippen molar-refractivity contribution >= 4 is 5.97 Å². The smallest absolute Gasteiger partial charge is 0.323 e. The first-order chi connectivity index (χ1) is 8.96. The Morgan fingerprint density at radius 1 is 1.42 bits per heavy atom. The summed E-state index contributed by atoms with van der Waals surface area (Å²) in [6.07, 6.45) is 5.67. The molecule has 106 valence electrons. The molecular weight excluding hydrogens is 242 g/mol. The van der Waals surface area contributed by atoms with Gasteiger partial charge in [-0.15, -0.1) is 0 Å². The molecule has 1 aliphatic heterocycles. The van der Waals surface area contributed by atoms with E-state index in [0.717, 1.165) is 32.5 Å². The molecule has 0 N–H and O–H groups in total. The van der Waals surface area contributed by atoms with E-state index < -0.39 is 5.60 Å². The topological polar surface area (TPSA) is 47.4 Å². The van der Waals surface area contributed by atoms with Crippen LogP contribution in [0.1, 0.15) is 33.6 Å². The molecule has 0 amide bonds. The molecule has 5 heteroatoms. The Kier molecular flexibility index (Phi) is 4.24. The van der Waals surface area contributed by atoms with Crippen LogP contribution in [-0.2, 0) is 16.1 Å². The predicted octanol–water partition coefficient (Wildman–Crippen LogP) is 1.69. The molecule has 0 spiro atoms. The Hall–Kier alpha value is -1.36. The minimum absolute atomic E-state index is 0.0882. The van der Waals surface area contributed by atoms with Crippen LogP contribution >= 0.6 is 0 Å². The highest BCUT2D eigenvalue weighted by molar-refractivity contribution is 5.76. The molecule has 1 aromatic heterocycles. The lowest BCUT2D eigenvalue weighted by Crippen LogP contribution is -2.41. The molecule has 1 fully saturated rings. The van der Waals surface area contributed by atoms with E-state index in [1.54, 1.807) is 6.20 Å². The van der Waals surface area contributed by atoms with Crippen molar-refractivity contribution in [1.29, 1.82) is 0 Å². The minimum Gasteiger partial charge on any atom is -0.459 e. The summed E-state index contributed by atoms with van der Waals surface area (Å²) in [5, 5.41) is 4.18. The zero-order valence-corrected chi connectivity index (χ0v) is 12.0. The van der Waals surface area contributed by atoms with Crippen molar-refractivity contribution in [3.05, 3.63) is 18.5 Å². The Balaban J connectivity index is 1.87. The van der Waals surface area contributed by atoms with Gasteiger partial charge in [-0.2, -0.15) is 5.10 Å². The molecule has 1 aromatic rings. The monoisotopic (exact) mass is 265 g/mol. The van der Waals surface area contributed by atoms with Crippen molar-refractivity contribution in [2.45, 2.75) is 51.8 Å². The van der Waals surface area contributed by atoms with Crippen molar-refractivity contribution in [2.24, 2.45) is 0 Å². The Morgan fingerprint density at radius 3 is 2.84 bits per heavy atom. The Bertz CT molecular complexity index is 409. The van der Waals surface area contributed by atoms with E-state index in [1.165, 1.54) is 0 Å². The second-order valence-corrected chi connectivity index (χ2v) is 6.00. The predicted molar refractivity (Wildman–Crippen MR) is 72.7 cm³/mol. The van der Waals surface area contributed by atoms with Gasteiger partial charge in [0.15, 0.2) is 0 Å². The fourth-order valence-corrected chi connectivity index (χ4v) is 2.39. The lowest BCUT2D eigenvalue weighted by Gasteiger charge is -2.27. The molecule has 2 heterocycles. The van der Waals surface area contributed by atoms with E-state index in [2.05, 4.69) is 10.00 Å². The molecule has 0 saturated carbocycles. The number of carbonyl (C=O) groups is 1. The van der Waals surface area contributed by atoms with Crippen LogP contribution in [0.2, 0.25) is 0 Å². The van der Waals surface area contributed by atoms with Crippen molar-refractivity contribution in [2.75, 3.05) is 13.1 Å². The molecule has 19 heavy (non-hydrogen) atoms. The molecule has 0 bridgehead atoms. The van der Waals surface area contributed by atoms with Gasteiger partial charge in [-0.1, -0.05) is 0 Å². The normalized spacial score (nSPS) is 20.7. The van der Waals surface area contributed by atoms with Crippen LogP contribution < -0.4 is 0 Å². The summed E-state index contributed by atoms with van der Waals surface area (Å²) in [4.78, 5) is 14.4. The van der Waals surface area contributed by atoms with Gasteiger partial charge in [0.25, 0.3) is 0 Å². The van der Waals surface area contributed by atoms with Gasteiger partial charge in [0.1, 0.15) is 11.6 Å². The highest BCUT2D eigenvalue weighted by Crippen LogP contribution is 2.20. The zero-order chi connectivity index (χ0) is 13.9. The fourth-order valence-electron chi connectivity index (χ4n) is 2.39. The number of esters is 1. The standard InChI is InChI=1S/C14H23N3O2/c1-14(2,3)19-13(18)12-6-4-8-16(12)10-11-17-9-5-7-15-17/h5,7,9,12H,4,6,8,10-11H2,1-3H3/t12-/m0/s1. The lowest BCUT2D eigenvalue weighted by molar-refractivity contribution is -0.160. The maximum absolute atomic E-state index is 12.1. The summed E-state index contributed by atoms with van der Waals surface area (Å²) in [6.45, 7) is 8.35. The average molecular weight is 265 g/mol. The van der Waals surface area contributed by atoms with Gasteiger partial charge < -0.3 is 4.74 Å². The van der Waals surface area contributed by atoms with Gasteiger partial charge in [-0.25, -0.2) is 0 Å². The molecule has 0 aliphatic carbocycles. The third-order valence-electron chi connectivity index (χ3n) is 3.22. The molecular formula is C14H23N3O2. The average Bonchev–Trinajstić information content (AvgIpc) is 2.95. The summed E-state index contributed by atoms with van der Waals surface area (Å²) in [7, 11) is 0. The van der Waals surface area contributed by atoms with E-state index >= 15 is 0 Å². The summed E-state index contributed by atoms with van der Waals surface area (Å²) >= 11 is 0. The first kappa shape index (κ1) is 14.1. The first-order valence-corrected chi connectivity index (χ1v) is 6.90. The fraction of sp³-hybridized carbons (Fsp3) is 0.714. The van der Waals surface area contributed by atoms with Crippen LogP contribution in [0.3, 0.4) is 0 Å². The third kappa shape index (κ3) is 4.06. The van der Waals surface area contributed by atoms with Crippen LogP contribution in [-0.4, -0.2) is 45.4 Å².